The summed E-state index contributed by atoms with van der Waals surface area (Å²) in [6, 6.07) is 6.71. The van der Waals surface area contributed by atoms with Gasteiger partial charge in [0.2, 0.25) is 5.91 Å². The number of carbonyl (C=O) groups is 2. The lowest BCUT2D eigenvalue weighted by Crippen LogP contribution is -2.42. The first-order chi connectivity index (χ1) is 10.6. The molecule has 2 rings (SSSR count). The van der Waals surface area contributed by atoms with Crippen LogP contribution < -0.4 is 5.32 Å². The SMILES string of the molecule is CCOCCC(=O)NC(Cc1c[nH]c2ccccc12)C(=O)O. The van der Waals surface area contributed by atoms with Crippen LogP contribution in [0, 0.1) is 0 Å². The number of rotatable bonds is 8. The Kier molecular flexibility index (Phi) is 5.55. The molecule has 1 atom stereocenters. The molecule has 0 radical (unpaired) electrons. The Morgan fingerprint density at radius 2 is 2.14 bits per heavy atom. The molecule has 1 amide bonds. The van der Waals surface area contributed by atoms with E-state index in [0.29, 0.717) is 13.2 Å². The van der Waals surface area contributed by atoms with Gasteiger partial charge in [-0.3, -0.25) is 4.79 Å². The van der Waals surface area contributed by atoms with E-state index < -0.39 is 12.0 Å². The van der Waals surface area contributed by atoms with Gasteiger partial charge in [0.15, 0.2) is 0 Å². The number of amides is 1. The number of hydrogen-bond acceptors (Lipinski definition) is 3. The van der Waals surface area contributed by atoms with E-state index in [4.69, 9.17) is 4.74 Å². The molecule has 0 bridgehead atoms. The number of aliphatic carboxylic acids is 1. The molecule has 0 saturated heterocycles. The quantitative estimate of drug-likeness (QED) is 0.647. The minimum absolute atomic E-state index is 0.158. The molecule has 0 saturated carbocycles. The second kappa shape index (κ2) is 7.61. The fourth-order valence-electron chi connectivity index (χ4n) is 2.30. The van der Waals surface area contributed by atoms with Crippen molar-refractivity contribution in [2.75, 3.05) is 13.2 Å². The summed E-state index contributed by atoms with van der Waals surface area (Å²) in [6.07, 6.45) is 2.18. The van der Waals surface area contributed by atoms with Crippen LogP contribution in [0.4, 0.5) is 0 Å². The lowest BCUT2D eigenvalue weighted by atomic mass is 10.0. The normalized spacial score (nSPS) is 12.2. The maximum atomic E-state index is 11.8. The van der Waals surface area contributed by atoms with Crippen molar-refractivity contribution in [2.24, 2.45) is 0 Å². The zero-order chi connectivity index (χ0) is 15.9. The van der Waals surface area contributed by atoms with Crippen LogP contribution >= 0.6 is 0 Å². The van der Waals surface area contributed by atoms with E-state index in [-0.39, 0.29) is 18.7 Å². The van der Waals surface area contributed by atoms with E-state index in [0.717, 1.165) is 16.5 Å². The van der Waals surface area contributed by atoms with Crippen LogP contribution in [0.3, 0.4) is 0 Å². The summed E-state index contributed by atoms with van der Waals surface area (Å²) in [4.78, 5) is 26.2. The van der Waals surface area contributed by atoms with Crippen molar-refractivity contribution in [3.8, 4) is 0 Å². The first-order valence-corrected chi connectivity index (χ1v) is 7.26. The number of benzene rings is 1. The highest BCUT2D eigenvalue weighted by Gasteiger charge is 2.21. The monoisotopic (exact) mass is 304 g/mol. The van der Waals surface area contributed by atoms with E-state index in [1.165, 1.54) is 0 Å². The lowest BCUT2D eigenvalue weighted by Gasteiger charge is -2.14. The number of aromatic nitrogens is 1. The number of carbonyl (C=O) groups excluding carboxylic acids is 1. The highest BCUT2D eigenvalue weighted by atomic mass is 16.5. The summed E-state index contributed by atoms with van der Waals surface area (Å²) in [5.41, 5.74) is 1.82. The van der Waals surface area contributed by atoms with Gasteiger partial charge in [-0.15, -0.1) is 0 Å². The van der Waals surface area contributed by atoms with Crippen molar-refractivity contribution in [2.45, 2.75) is 25.8 Å². The van der Waals surface area contributed by atoms with Crippen molar-refractivity contribution in [3.63, 3.8) is 0 Å². The van der Waals surface area contributed by atoms with Crippen molar-refractivity contribution in [3.05, 3.63) is 36.0 Å². The summed E-state index contributed by atoms with van der Waals surface area (Å²) in [6.45, 7) is 2.67. The zero-order valence-electron chi connectivity index (χ0n) is 12.5. The van der Waals surface area contributed by atoms with E-state index in [1.807, 2.05) is 31.2 Å². The Bertz CT molecular complexity index is 650. The molecule has 0 aliphatic heterocycles. The number of nitrogens with one attached hydrogen (secondary N) is 2. The van der Waals surface area contributed by atoms with Crippen molar-refractivity contribution >= 4 is 22.8 Å². The molecular weight excluding hydrogens is 284 g/mol. The predicted octanol–water partition coefficient (Wildman–Crippen LogP) is 1.71. The Balaban J connectivity index is 2.03. The van der Waals surface area contributed by atoms with Crippen LogP contribution in [0.1, 0.15) is 18.9 Å². The van der Waals surface area contributed by atoms with E-state index in [1.54, 1.807) is 6.20 Å². The number of aromatic amines is 1. The van der Waals surface area contributed by atoms with Crippen LogP contribution in [0.15, 0.2) is 30.5 Å². The number of H-pyrrole nitrogens is 1. The first-order valence-electron chi connectivity index (χ1n) is 7.26. The summed E-state index contributed by atoms with van der Waals surface area (Å²) in [5, 5.41) is 12.8. The third-order valence-electron chi connectivity index (χ3n) is 3.41. The van der Waals surface area contributed by atoms with E-state index in [2.05, 4.69) is 10.3 Å². The van der Waals surface area contributed by atoms with Gasteiger partial charge in [0.1, 0.15) is 6.04 Å². The molecule has 3 N–H and O–H groups in total. The van der Waals surface area contributed by atoms with Gasteiger partial charge in [0.25, 0.3) is 0 Å². The fourth-order valence-corrected chi connectivity index (χ4v) is 2.30. The highest BCUT2D eigenvalue weighted by molar-refractivity contribution is 5.86. The molecule has 2 aromatic rings. The predicted molar refractivity (Wildman–Crippen MR) is 82.7 cm³/mol. The minimum atomic E-state index is -1.05. The molecule has 0 aliphatic carbocycles. The Morgan fingerprint density at radius 1 is 1.36 bits per heavy atom. The molecule has 0 fully saturated rings. The molecule has 1 heterocycles. The second-order valence-electron chi connectivity index (χ2n) is 4.97. The Labute approximate surface area is 128 Å². The summed E-state index contributed by atoms with van der Waals surface area (Å²) in [5.74, 6) is -1.37. The summed E-state index contributed by atoms with van der Waals surface area (Å²) in [7, 11) is 0. The maximum absolute atomic E-state index is 11.8. The lowest BCUT2D eigenvalue weighted by molar-refractivity contribution is -0.141. The van der Waals surface area contributed by atoms with Crippen LogP contribution in [-0.2, 0) is 20.7 Å². The standard InChI is InChI=1S/C16H20N2O4/c1-2-22-8-7-15(19)18-14(16(20)21)9-11-10-17-13-6-4-3-5-12(11)13/h3-6,10,14,17H,2,7-9H2,1H3,(H,18,19)(H,20,21). The van der Waals surface area contributed by atoms with Crippen LogP contribution in [-0.4, -0.2) is 41.2 Å². The number of fused-ring (bicyclic) bond motifs is 1. The van der Waals surface area contributed by atoms with Crippen LogP contribution in [0.25, 0.3) is 10.9 Å². The molecular formula is C16H20N2O4. The molecule has 1 aromatic heterocycles. The van der Waals surface area contributed by atoms with E-state index >= 15 is 0 Å². The van der Waals surface area contributed by atoms with Crippen molar-refractivity contribution in [1.29, 1.82) is 0 Å². The van der Waals surface area contributed by atoms with Gasteiger partial charge in [-0.05, 0) is 18.6 Å². The molecule has 6 nitrogen and oxygen atoms in total. The molecule has 1 unspecified atom stereocenters. The maximum Gasteiger partial charge on any atom is 0.326 e. The summed E-state index contributed by atoms with van der Waals surface area (Å²) >= 11 is 0. The number of hydrogen-bond donors (Lipinski definition) is 3. The third kappa shape index (κ3) is 4.08. The molecule has 1 aromatic carbocycles. The first kappa shape index (κ1) is 16.0. The molecule has 6 heteroatoms. The van der Waals surface area contributed by atoms with Gasteiger partial charge in [0.05, 0.1) is 6.61 Å². The van der Waals surface area contributed by atoms with Crippen LogP contribution in [0.2, 0.25) is 0 Å². The van der Waals surface area contributed by atoms with Gasteiger partial charge < -0.3 is 20.1 Å². The van der Waals surface area contributed by atoms with Gasteiger partial charge in [0, 0.05) is 36.5 Å². The van der Waals surface area contributed by atoms with Gasteiger partial charge >= 0.3 is 5.97 Å². The smallest absolute Gasteiger partial charge is 0.326 e. The highest BCUT2D eigenvalue weighted by Crippen LogP contribution is 2.19. The number of carboxylic acids is 1. The number of ether oxygens (including phenoxy) is 1. The van der Waals surface area contributed by atoms with Crippen LogP contribution in [0.5, 0.6) is 0 Å². The molecule has 22 heavy (non-hydrogen) atoms. The third-order valence-corrected chi connectivity index (χ3v) is 3.41. The molecule has 0 aliphatic rings. The fraction of sp³-hybridized carbons (Fsp3) is 0.375. The average Bonchev–Trinajstić information content (AvgIpc) is 2.90. The molecule has 118 valence electrons. The van der Waals surface area contributed by atoms with Crippen molar-refractivity contribution in [1.82, 2.24) is 10.3 Å². The Hall–Kier alpha value is -2.34. The van der Waals surface area contributed by atoms with E-state index in [9.17, 15) is 14.7 Å². The Morgan fingerprint density at radius 3 is 2.86 bits per heavy atom. The number of carboxylic acid groups (broad SMARTS) is 1. The molecule has 0 spiro atoms. The number of para-hydroxylation sites is 1. The summed E-state index contributed by atoms with van der Waals surface area (Å²) < 4.78 is 5.10. The zero-order valence-corrected chi connectivity index (χ0v) is 12.5. The van der Waals surface area contributed by atoms with Gasteiger partial charge in [-0.1, -0.05) is 18.2 Å². The van der Waals surface area contributed by atoms with Gasteiger partial charge in [-0.2, -0.15) is 0 Å². The topological polar surface area (TPSA) is 91.4 Å². The second-order valence-corrected chi connectivity index (χ2v) is 4.97. The van der Waals surface area contributed by atoms with Crippen molar-refractivity contribution < 1.29 is 19.4 Å². The van der Waals surface area contributed by atoms with Gasteiger partial charge in [-0.25, -0.2) is 4.79 Å². The minimum Gasteiger partial charge on any atom is -0.480 e. The average molecular weight is 304 g/mol. The largest absolute Gasteiger partial charge is 0.480 e.